The number of ether oxygens (including phenoxy) is 2. The van der Waals surface area contributed by atoms with Gasteiger partial charge in [0.2, 0.25) is 5.91 Å². The fourth-order valence-corrected chi connectivity index (χ4v) is 4.29. The summed E-state index contributed by atoms with van der Waals surface area (Å²) in [6, 6.07) is 10.8. The van der Waals surface area contributed by atoms with Gasteiger partial charge < -0.3 is 9.47 Å². The molecule has 0 aromatic heterocycles. The molecule has 2 aliphatic rings. The van der Waals surface area contributed by atoms with Crippen LogP contribution in [0.5, 0.6) is 0 Å². The van der Waals surface area contributed by atoms with E-state index in [0.717, 1.165) is 11.8 Å². The van der Waals surface area contributed by atoms with Crippen molar-refractivity contribution in [1.29, 1.82) is 0 Å². The van der Waals surface area contributed by atoms with E-state index in [-0.39, 0.29) is 18.2 Å². The molecule has 2 aliphatic heterocycles. The first kappa shape index (κ1) is 16.4. The van der Waals surface area contributed by atoms with Gasteiger partial charge in [0, 0.05) is 17.3 Å². The van der Waals surface area contributed by atoms with Gasteiger partial charge in [-0.25, -0.2) is 4.90 Å². The lowest BCUT2D eigenvalue weighted by molar-refractivity contribution is -0.292. The predicted molar refractivity (Wildman–Crippen MR) is 91.8 cm³/mol. The van der Waals surface area contributed by atoms with Crippen LogP contribution in [0.4, 0.5) is 0 Å². The highest BCUT2D eigenvalue weighted by Gasteiger charge is 2.60. The van der Waals surface area contributed by atoms with Gasteiger partial charge >= 0.3 is 0 Å². The Balaban J connectivity index is 1.93. The number of rotatable bonds is 3. The number of nitrogens with zero attached hydrogens (tertiary/aromatic N) is 1. The van der Waals surface area contributed by atoms with Crippen LogP contribution in [0.3, 0.4) is 0 Å². The smallest absolute Gasteiger partial charge is 0.234 e. The van der Waals surface area contributed by atoms with Gasteiger partial charge in [-0.15, -0.1) is 0 Å². The molecule has 0 radical (unpaired) electrons. The Bertz CT molecular complexity index is 509. The first-order valence-electron chi connectivity index (χ1n) is 8.19. The fraction of sp³-hybridized carbons (Fsp3) is 0.667. The molecule has 1 aromatic carbocycles. The maximum Gasteiger partial charge on any atom is 0.234 e. The summed E-state index contributed by atoms with van der Waals surface area (Å²) in [6.07, 6.45) is 1.32. The highest BCUT2D eigenvalue weighted by molar-refractivity contribution is 9.09. The second kappa shape index (κ2) is 6.23. The number of halogens is 1. The van der Waals surface area contributed by atoms with Gasteiger partial charge in [-0.1, -0.05) is 60.1 Å². The lowest BCUT2D eigenvalue weighted by atomic mass is 9.89. The van der Waals surface area contributed by atoms with Crippen molar-refractivity contribution in [1.82, 2.24) is 4.90 Å². The van der Waals surface area contributed by atoms with Gasteiger partial charge in [-0.2, -0.15) is 0 Å². The molecular weight excluding hydrogens is 342 g/mol. The molecule has 5 atom stereocenters. The summed E-state index contributed by atoms with van der Waals surface area (Å²) in [5.41, 5.74) is 1.23. The molecule has 1 spiro atoms. The molecule has 3 rings (SSSR count). The normalized spacial score (nSPS) is 39.2. The number of likely N-dealkylation sites (N-methyl/N-ethyl adjacent to an activating group) is 1. The monoisotopic (exact) mass is 367 g/mol. The van der Waals surface area contributed by atoms with Crippen LogP contribution < -0.4 is 0 Å². The Labute approximate surface area is 142 Å². The fourth-order valence-electron chi connectivity index (χ4n) is 3.89. The van der Waals surface area contributed by atoms with E-state index in [9.17, 15) is 0 Å². The Morgan fingerprint density at radius 1 is 1.27 bits per heavy atom. The van der Waals surface area contributed by atoms with Crippen molar-refractivity contribution in [2.45, 2.75) is 51.4 Å². The van der Waals surface area contributed by atoms with Crippen LogP contribution in [0.15, 0.2) is 30.3 Å². The van der Waals surface area contributed by atoms with E-state index in [1.165, 1.54) is 5.56 Å². The third-order valence-corrected chi connectivity index (χ3v) is 5.98. The summed E-state index contributed by atoms with van der Waals surface area (Å²) in [6.45, 7) is 6.77. The lowest BCUT2D eigenvalue weighted by Gasteiger charge is -2.38. The van der Waals surface area contributed by atoms with E-state index in [0.29, 0.717) is 11.8 Å². The minimum Gasteiger partial charge on any atom is -0.333 e. The van der Waals surface area contributed by atoms with Crippen molar-refractivity contribution in [2.24, 2.45) is 11.8 Å². The van der Waals surface area contributed by atoms with Gasteiger partial charge in [0.05, 0.1) is 6.10 Å². The zero-order valence-corrected chi connectivity index (χ0v) is 15.4. The van der Waals surface area contributed by atoms with Crippen LogP contribution in [0.25, 0.3) is 0 Å². The van der Waals surface area contributed by atoms with Gasteiger partial charge in [-0.3, -0.25) is 0 Å². The molecular formula is C18H26BrNO2. The quantitative estimate of drug-likeness (QED) is 0.747. The molecule has 0 amide bonds. The van der Waals surface area contributed by atoms with Gasteiger partial charge in [0.15, 0.2) is 0 Å². The second-order valence-corrected chi connectivity index (χ2v) is 7.56. The van der Waals surface area contributed by atoms with Gasteiger partial charge in [-0.05, 0) is 31.9 Å². The third-order valence-electron chi connectivity index (χ3n) is 5.26. The van der Waals surface area contributed by atoms with Crippen LogP contribution in [0.1, 0.15) is 38.9 Å². The molecule has 2 fully saturated rings. The molecule has 2 saturated heterocycles. The summed E-state index contributed by atoms with van der Waals surface area (Å²) in [7, 11) is 2.14. The summed E-state index contributed by atoms with van der Waals surface area (Å²) < 4.78 is 13.0. The van der Waals surface area contributed by atoms with E-state index in [4.69, 9.17) is 9.47 Å². The number of hydrogen-bond acceptors (Lipinski definition) is 3. The molecule has 122 valence electrons. The van der Waals surface area contributed by atoms with E-state index >= 15 is 0 Å². The molecule has 22 heavy (non-hydrogen) atoms. The largest absolute Gasteiger partial charge is 0.333 e. The topological polar surface area (TPSA) is 21.7 Å². The van der Waals surface area contributed by atoms with E-state index in [1.54, 1.807) is 0 Å². The minimum atomic E-state index is -0.591. The van der Waals surface area contributed by atoms with Gasteiger partial charge in [0.25, 0.3) is 0 Å². The molecule has 0 saturated carbocycles. The molecule has 0 aliphatic carbocycles. The summed E-state index contributed by atoms with van der Waals surface area (Å²) in [4.78, 5) is 2.30. The van der Waals surface area contributed by atoms with Gasteiger partial charge in [0.1, 0.15) is 6.10 Å². The van der Waals surface area contributed by atoms with Crippen LogP contribution in [0, 0.1) is 11.8 Å². The molecule has 0 N–H and O–H groups in total. The molecule has 4 heteroatoms. The second-order valence-electron chi connectivity index (χ2n) is 6.91. The zero-order chi connectivity index (χ0) is 15.9. The molecule has 0 bridgehead atoms. The minimum absolute atomic E-state index is 0.0570. The summed E-state index contributed by atoms with van der Waals surface area (Å²) >= 11 is 3.58. The van der Waals surface area contributed by atoms with Crippen molar-refractivity contribution < 1.29 is 9.47 Å². The first-order chi connectivity index (χ1) is 10.5. The van der Waals surface area contributed by atoms with Crippen LogP contribution >= 0.6 is 15.9 Å². The van der Waals surface area contributed by atoms with Crippen LogP contribution in [0.2, 0.25) is 0 Å². The maximum atomic E-state index is 6.61. The average Bonchev–Trinajstić information content (AvgIpc) is 3.02. The van der Waals surface area contributed by atoms with Crippen molar-refractivity contribution in [3.05, 3.63) is 35.9 Å². The Kier molecular flexibility index (Phi) is 4.66. The standard InChI is InChI=1S/C18H26BrNO2/c1-12(2)16-10-15(11-19)21-18(16)20(4)13(3)17(22-18)14-8-6-5-7-9-14/h5-9,12-13,15-17H,10-11H2,1-4H3/t13-,15+,16-,17-,18+/m0/s1. The summed E-state index contributed by atoms with van der Waals surface area (Å²) in [5.74, 6) is 0.316. The Morgan fingerprint density at radius 3 is 2.55 bits per heavy atom. The van der Waals surface area contributed by atoms with Crippen molar-refractivity contribution >= 4 is 15.9 Å². The zero-order valence-electron chi connectivity index (χ0n) is 13.8. The average molecular weight is 368 g/mol. The van der Waals surface area contributed by atoms with Crippen molar-refractivity contribution in [3.8, 4) is 0 Å². The predicted octanol–water partition coefficient (Wildman–Crippen LogP) is 4.19. The maximum absolute atomic E-state index is 6.61. The SMILES string of the molecule is CC(C)[C@@H]1C[C@H](CBr)O[C@@]12O[C@H](c1ccccc1)[C@H](C)N2C. The van der Waals surface area contributed by atoms with E-state index < -0.39 is 5.91 Å². The summed E-state index contributed by atoms with van der Waals surface area (Å²) in [5, 5.41) is 0.861. The molecule has 1 aromatic rings. The van der Waals surface area contributed by atoms with Crippen LogP contribution in [-0.2, 0) is 9.47 Å². The molecule has 3 nitrogen and oxygen atoms in total. The lowest BCUT2D eigenvalue weighted by Crippen LogP contribution is -2.51. The molecule has 2 heterocycles. The number of hydrogen-bond donors (Lipinski definition) is 0. The third kappa shape index (κ3) is 2.54. The van der Waals surface area contributed by atoms with E-state index in [2.05, 4.69) is 72.9 Å². The van der Waals surface area contributed by atoms with Crippen molar-refractivity contribution in [2.75, 3.05) is 12.4 Å². The first-order valence-corrected chi connectivity index (χ1v) is 9.31. The van der Waals surface area contributed by atoms with Crippen molar-refractivity contribution in [3.63, 3.8) is 0 Å². The number of benzene rings is 1. The Hall–Kier alpha value is -0.420. The number of alkyl halides is 1. The highest BCUT2D eigenvalue weighted by Crippen LogP contribution is 2.52. The van der Waals surface area contributed by atoms with E-state index in [1.807, 2.05) is 6.07 Å². The Morgan fingerprint density at radius 2 is 1.95 bits per heavy atom. The molecule has 0 unspecified atom stereocenters. The highest BCUT2D eigenvalue weighted by atomic mass is 79.9. The van der Waals surface area contributed by atoms with Crippen LogP contribution in [-0.4, -0.2) is 35.3 Å².